The zero-order valence-corrected chi connectivity index (χ0v) is 24.6. The van der Waals surface area contributed by atoms with Crippen molar-refractivity contribution in [2.24, 2.45) is 4.99 Å². The summed E-state index contributed by atoms with van der Waals surface area (Å²) in [5, 5.41) is 10.2. The number of amidine groups is 1. The first-order valence-corrected chi connectivity index (χ1v) is 14.3. The molecule has 4 aromatic rings. The third kappa shape index (κ3) is 6.97. The molecule has 1 saturated heterocycles. The molecule has 5 rings (SSSR count). The summed E-state index contributed by atoms with van der Waals surface area (Å²) >= 11 is 14.3. The molecule has 0 unspecified atom stereocenters. The van der Waals surface area contributed by atoms with Gasteiger partial charge in [0.05, 0.1) is 39.9 Å². The van der Waals surface area contributed by atoms with E-state index in [2.05, 4.69) is 0 Å². The monoisotopic (exact) mass is 618 g/mol. The maximum Gasteiger partial charge on any atom is 0.335 e. The summed E-state index contributed by atoms with van der Waals surface area (Å²) in [6.07, 6.45) is 1.73. The molecule has 1 aliphatic heterocycles. The van der Waals surface area contributed by atoms with Crippen LogP contribution in [0.2, 0.25) is 10.0 Å². The van der Waals surface area contributed by atoms with Crippen molar-refractivity contribution >= 4 is 63.8 Å². The number of hydrogen-bond donors (Lipinski definition) is 1. The molecule has 0 radical (unpaired) electrons. The number of carbonyl (C=O) groups is 2. The predicted octanol–water partition coefficient (Wildman–Crippen LogP) is 8.08. The molecule has 10 heteroatoms. The van der Waals surface area contributed by atoms with Crippen LogP contribution in [0.1, 0.15) is 27.0 Å². The topological polar surface area (TPSA) is 88.4 Å². The molecule has 1 N–H and O–H groups in total. The quantitative estimate of drug-likeness (QED) is 0.191. The molecular weight excluding hydrogens is 595 g/mol. The number of carbonyl (C=O) groups excluding carboxylic acids is 1. The summed E-state index contributed by atoms with van der Waals surface area (Å²) in [5.41, 5.74) is 3.24. The van der Waals surface area contributed by atoms with Crippen LogP contribution in [0.4, 0.5) is 5.69 Å². The van der Waals surface area contributed by atoms with E-state index in [-0.39, 0.29) is 28.1 Å². The number of benzene rings is 4. The van der Waals surface area contributed by atoms with E-state index >= 15 is 0 Å². The number of aromatic carboxylic acids is 1. The normalized spacial score (nSPS) is 14.9. The van der Waals surface area contributed by atoms with Gasteiger partial charge in [0, 0.05) is 0 Å². The van der Waals surface area contributed by atoms with Crippen LogP contribution in [0.15, 0.2) is 101 Å². The lowest BCUT2D eigenvalue weighted by Crippen LogP contribution is -2.28. The fraction of sp³-hybridized carbons (Fsp3) is 0.0938. The van der Waals surface area contributed by atoms with Crippen LogP contribution in [0.3, 0.4) is 0 Å². The van der Waals surface area contributed by atoms with Crippen LogP contribution in [0.25, 0.3) is 6.08 Å². The van der Waals surface area contributed by atoms with Crippen molar-refractivity contribution in [3.63, 3.8) is 0 Å². The Kier molecular flexibility index (Phi) is 9.17. The van der Waals surface area contributed by atoms with Crippen LogP contribution in [-0.2, 0) is 17.9 Å². The number of thioether (sulfide) groups is 1. The number of halogens is 2. The fourth-order valence-electron chi connectivity index (χ4n) is 4.11. The number of carboxylic acid groups (broad SMARTS) is 1. The van der Waals surface area contributed by atoms with Crippen molar-refractivity contribution in [2.75, 3.05) is 7.11 Å². The van der Waals surface area contributed by atoms with E-state index in [4.69, 9.17) is 42.8 Å². The summed E-state index contributed by atoms with van der Waals surface area (Å²) in [6.45, 7) is 0.480. The lowest BCUT2D eigenvalue weighted by atomic mass is 10.1. The lowest BCUT2D eigenvalue weighted by Gasteiger charge is -2.16. The highest BCUT2D eigenvalue weighted by molar-refractivity contribution is 8.18. The van der Waals surface area contributed by atoms with Gasteiger partial charge < -0.3 is 14.6 Å². The molecule has 4 aromatic carbocycles. The molecule has 212 valence electrons. The predicted molar refractivity (Wildman–Crippen MR) is 167 cm³/mol. The Balaban J connectivity index is 1.38. The summed E-state index contributed by atoms with van der Waals surface area (Å²) in [6, 6.07) is 26.7. The largest absolute Gasteiger partial charge is 0.497 e. The van der Waals surface area contributed by atoms with Gasteiger partial charge in [-0.1, -0.05) is 65.7 Å². The lowest BCUT2D eigenvalue weighted by molar-refractivity contribution is -0.122. The molecule has 7 nitrogen and oxygen atoms in total. The van der Waals surface area contributed by atoms with Crippen molar-refractivity contribution in [3.05, 3.63) is 128 Å². The Bertz CT molecular complexity index is 1650. The number of rotatable bonds is 9. The number of carboxylic acids is 1. The van der Waals surface area contributed by atoms with Gasteiger partial charge in [0.2, 0.25) is 0 Å². The maximum absolute atomic E-state index is 13.6. The second-order valence-corrected chi connectivity index (χ2v) is 11.0. The van der Waals surface area contributed by atoms with Gasteiger partial charge in [-0.3, -0.25) is 9.69 Å². The maximum atomic E-state index is 13.6. The van der Waals surface area contributed by atoms with Crippen LogP contribution < -0.4 is 9.47 Å². The van der Waals surface area contributed by atoms with E-state index in [0.717, 1.165) is 22.6 Å². The van der Waals surface area contributed by atoms with E-state index in [1.54, 1.807) is 42.4 Å². The van der Waals surface area contributed by atoms with Gasteiger partial charge in [0.25, 0.3) is 5.91 Å². The number of ether oxygens (including phenoxy) is 2. The van der Waals surface area contributed by atoms with Crippen LogP contribution in [0.5, 0.6) is 11.5 Å². The molecule has 0 spiro atoms. The first-order chi connectivity index (χ1) is 20.3. The fourth-order valence-corrected chi connectivity index (χ4v) is 5.72. The third-order valence-corrected chi connectivity index (χ3v) is 7.84. The van der Waals surface area contributed by atoms with Gasteiger partial charge in [-0.15, -0.1) is 0 Å². The molecule has 1 amide bonds. The van der Waals surface area contributed by atoms with E-state index in [1.165, 1.54) is 23.9 Å². The minimum Gasteiger partial charge on any atom is -0.497 e. The number of para-hydroxylation sites is 1. The summed E-state index contributed by atoms with van der Waals surface area (Å²) in [7, 11) is 1.61. The zero-order valence-electron chi connectivity index (χ0n) is 22.3. The van der Waals surface area contributed by atoms with E-state index in [9.17, 15) is 9.59 Å². The molecule has 0 bridgehead atoms. The molecule has 0 atom stereocenters. The van der Waals surface area contributed by atoms with Gasteiger partial charge in [-0.05, 0) is 83.1 Å². The van der Waals surface area contributed by atoms with Crippen molar-refractivity contribution in [3.8, 4) is 11.5 Å². The van der Waals surface area contributed by atoms with E-state index in [0.29, 0.717) is 27.9 Å². The summed E-state index contributed by atoms with van der Waals surface area (Å²) in [4.78, 5) is 31.5. The summed E-state index contributed by atoms with van der Waals surface area (Å²) < 4.78 is 11.1. The highest BCUT2D eigenvalue weighted by Gasteiger charge is 2.33. The first kappa shape index (κ1) is 29.3. The van der Waals surface area contributed by atoms with Crippen molar-refractivity contribution in [2.45, 2.75) is 13.2 Å². The number of aliphatic imine (C=N–C) groups is 1. The zero-order chi connectivity index (χ0) is 29.6. The van der Waals surface area contributed by atoms with Gasteiger partial charge in [-0.2, -0.15) is 0 Å². The standard InChI is InChI=1S/C32H24Cl2N2O5S/c1-40-25-13-9-20(10-14-25)18-36-30(37)28(42-32(36)35-24-5-3-2-4-6-24)17-22-15-26(33)29(27(34)16-22)41-19-21-7-11-23(12-8-21)31(38)39/h2-17H,18-19H2,1H3,(H,38,39)/b28-17-,35-32?. The van der Waals surface area contributed by atoms with Crippen molar-refractivity contribution < 1.29 is 24.2 Å². The molecule has 0 aromatic heterocycles. The summed E-state index contributed by atoms with van der Waals surface area (Å²) in [5.74, 6) is -0.167. The average Bonchev–Trinajstić information content (AvgIpc) is 3.26. The van der Waals surface area contributed by atoms with E-state index in [1.807, 2.05) is 54.6 Å². The highest BCUT2D eigenvalue weighted by Crippen LogP contribution is 2.39. The molecular formula is C32H24Cl2N2O5S. The Labute approximate surface area is 257 Å². The first-order valence-electron chi connectivity index (χ1n) is 12.7. The van der Waals surface area contributed by atoms with Crippen LogP contribution in [0, 0.1) is 0 Å². The smallest absolute Gasteiger partial charge is 0.335 e. The molecule has 1 fully saturated rings. The van der Waals surface area contributed by atoms with Gasteiger partial charge >= 0.3 is 5.97 Å². The number of nitrogens with zero attached hydrogens (tertiary/aromatic N) is 2. The second-order valence-electron chi connectivity index (χ2n) is 9.18. The molecule has 0 saturated carbocycles. The Morgan fingerprint density at radius 1 is 0.952 bits per heavy atom. The van der Waals surface area contributed by atoms with Crippen LogP contribution >= 0.6 is 35.0 Å². The third-order valence-electron chi connectivity index (χ3n) is 6.27. The van der Waals surface area contributed by atoms with Gasteiger partial charge in [-0.25, -0.2) is 9.79 Å². The average molecular weight is 620 g/mol. The number of hydrogen-bond acceptors (Lipinski definition) is 6. The molecule has 1 heterocycles. The molecule has 1 aliphatic rings. The Hall–Kier alpha value is -4.24. The SMILES string of the molecule is COc1ccc(CN2C(=O)/C(=C/c3cc(Cl)c(OCc4ccc(C(=O)O)cc4)c(Cl)c3)SC2=Nc2ccccc2)cc1. The van der Waals surface area contributed by atoms with Crippen LogP contribution in [-0.4, -0.2) is 34.2 Å². The molecule has 42 heavy (non-hydrogen) atoms. The molecule has 0 aliphatic carbocycles. The van der Waals surface area contributed by atoms with Crippen molar-refractivity contribution in [1.82, 2.24) is 4.90 Å². The van der Waals surface area contributed by atoms with Gasteiger partial charge in [0.15, 0.2) is 10.9 Å². The van der Waals surface area contributed by atoms with Gasteiger partial charge in [0.1, 0.15) is 12.4 Å². The number of methoxy groups -OCH3 is 1. The number of amides is 1. The minimum atomic E-state index is -1.00. The minimum absolute atomic E-state index is 0.147. The second kappa shape index (κ2) is 13.2. The Morgan fingerprint density at radius 3 is 2.21 bits per heavy atom. The van der Waals surface area contributed by atoms with E-state index < -0.39 is 5.97 Å². The van der Waals surface area contributed by atoms with Crippen molar-refractivity contribution in [1.29, 1.82) is 0 Å². The Morgan fingerprint density at radius 2 is 1.60 bits per heavy atom. The highest BCUT2D eigenvalue weighted by atomic mass is 35.5.